The molecule has 0 amide bonds. The molecule has 1 aromatic rings. The van der Waals surface area contributed by atoms with Crippen LogP contribution in [0.25, 0.3) is 0 Å². The molecule has 0 bridgehead atoms. The minimum atomic E-state index is -1.53. The number of methoxy groups -OCH3 is 1. The summed E-state index contributed by atoms with van der Waals surface area (Å²) in [6.07, 6.45) is 3.31. The number of hydrogen-bond donors (Lipinski definition) is 0. The molecule has 0 spiro atoms. The van der Waals surface area contributed by atoms with Crippen molar-refractivity contribution in [2.24, 2.45) is 5.92 Å². The molecule has 0 N–H and O–H groups in total. The van der Waals surface area contributed by atoms with E-state index < -0.39 is 6.08 Å². The lowest BCUT2D eigenvalue weighted by Crippen LogP contribution is -2.12. The van der Waals surface area contributed by atoms with E-state index in [-0.39, 0.29) is 5.92 Å². The minimum absolute atomic E-state index is 0.0639. The standard InChI is InChI=1S/C16H20F2O/c1-19-11-13-4-8-15(9-5-13)14-6-2-12(3-7-14)10-16(17)18/h4-5,8-10,12,14H,2-3,6-7,11H2,1H3. The first-order valence-corrected chi connectivity index (χ1v) is 6.79. The van der Waals surface area contributed by atoms with E-state index in [4.69, 9.17) is 4.74 Å². The Balaban J connectivity index is 1.92. The van der Waals surface area contributed by atoms with Crippen LogP contribution >= 0.6 is 0 Å². The number of hydrogen-bond acceptors (Lipinski definition) is 1. The van der Waals surface area contributed by atoms with E-state index in [1.165, 1.54) is 11.1 Å². The zero-order valence-corrected chi connectivity index (χ0v) is 11.2. The predicted molar refractivity (Wildman–Crippen MR) is 72.2 cm³/mol. The van der Waals surface area contributed by atoms with Gasteiger partial charge in [0, 0.05) is 7.11 Å². The first-order valence-electron chi connectivity index (χ1n) is 6.79. The van der Waals surface area contributed by atoms with Crippen LogP contribution in [0.2, 0.25) is 0 Å². The fourth-order valence-electron chi connectivity index (χ4n) is 2.85. The van der Waals surface area contributed by atoms with E-state index in [9.17, 15) is 8.78 Å². The summed E-state index contributed by atoms with van der Waals surface area (Å²) >= 11 is 0. The number of benzene rings is 1. The molecule has 2 rings (SSSR count). The quantitative estimate of drug-likeness (QED) is 0.754. The fraction of sp³-hybridized carbons (Fsp3) is 0.500. The number of allylic oxidation sites excluding steroid dienone is 1. The Labute approximate surface area is 113 Å². The Morgan fingerprint density at radius 1 is 1.16 bits per heavy atom. The van der Waals surface area contributed by atoms with Crippen molar-refractivity contribution in [3.05, 3.63) is 47.5 Å². The van der Waals surface area contributed by atoms with Gasteiger partial charge in [0.2, 0.25) is 0 Å². The van der Waals surface area contributed by atoms with Gasteiger partial charge in [0.1, 0.15) is 0 Å². The van der Waals surface area contributed by atoms with Crippen molar-refractivity contribution in [1.29, 1.82) is 0 Å². The monoisotopic (exact) mass is 266 g/mol. The summed E-state index contributed by atoms with van der Waals surface area (Å²) in [5.74, 6) is 0.581. The van der Waals surface area contributed by atoms with Gasteiger partial charge in [-0.1, -0.05) is 24.3 Å². The van der Waals surface area contributed by atoms with Gasteiger partial charge in [-0.05, 0) is 54.7 Å². The Morgan fingerprint density at radius 3 is 2.32 bits per heavy atom. The highest BCUT2D eigenvalue weighted by Crippen LogP contribution is 2.36. The first-order chi connectivity index (χ1) is 9.19. The molecule has 0 saturated heterocycles. The summed E-state index contributed by atoms with van der Waals surface area (Å²) in [6, 6.07) is 8.47. The topological polar surface area (TPSA) is 9.23 Å². The van der Waals surface area contributed by atoms with Gasteiger partial charge in [-0.15, -0.1) is 0 Å². The van der Waals surface area contributed by atoms with Crippen LogP contribution in [-0.4, -0.2) is 7.11 Å². The Bertz CT molecular complexity index is 413. The van der Waals surface area contributed by atoms with Crippen molar-refractivity contribution in [2.75, 3.05) is 7.11 Å². The van der Waals surface area contributed by atoms with E-state index in [1.807, 2.05) is 0 Å². The van der Waals surface area contributed by atoms with Crippen molar-refractivity contribution in [3.8, 4) is 0 Å². The van der Waals surface area contributed by atoms with Crippen LogP contribution in [0, 0.1) is 5.92 Å². The van der Waals surface area contributed by atoms with Crippen LogP contribution in [0.15, 0.2) is 36.4 Å². The summed E-state index contributed by atoms with van der Waals surface area (Å²) < 4.78 is 29.5. The molecule has 0 radical (unpaired) electrons. The molecule has 3 heteroatoms. The van der Waals surface area contributed by atoms with Gasteiger partial charge in [0.15, 0.2) is 0 Å². The second kappa shape index (κ2) is 6.80. The van der Waals surface area contributed by atoms with Crippen molar-refractivity contribution in [2.45, 2.75) is 38.2 Å². The molecular weight excluding hydrogens is 246 g/mol. The normalized spacial score (nSPS) is 23.1. The molecule has 0 atom stereocenters. The summed E-state index contributed by atoms with van der Waals surface area (Å²) in [7, 11) is 1.69. The summed E-state index contributed by atoms with van der Waals surface area (Å²) in [5, 5.41) is 0. The Hall–Kier alpha value is -1.22. The third-order valence-corrected chi connectivity index (χ3v) is 3.90. The van der Waals surface area contributed by atoms with Crippen molar-refractivity contribution in [1.82, 2.24) is 0 Å². The fourth-order valence-corrected chi connectivity index (χ4v) is 2.85. The molecule has 0 aliphatic heterocycles. The summed E-state index contributed by atoms with van der Waals surface area (Å²) in [5.41, 5.74) is 2.49. The number of ether oxygens (including phenoxy) is 1. The van der Waals surface area contributed by atoms with Crippen LogP contribution in [0.3, 0.4) is 0 Å². The van der Waals surface area contributed by atoms with Gasteiger partial charge < -0.3 is 4.74 Å². The molecule has 19 heavy (non-hydrogen) atoms. The highest BCUT2D eigenvalue weighted by atomic mass is 19.3. The van der Waals surface area contributed by atoms with Gasteiger partial charge in [-0.25, -0.2) is 0 Å². The van der Waals surface area contributed by atoms with E-state index >= 15 is 0 Å². The molecule has 0 heterocycles. The first kappa shape index (κ1) is 14.2. The third-order valence-electron chi connectivity index (χ3n) is 3.90. The molecule has 0 aromatic heterocycles. The minimum Gasteiger partial charge on any atom is -0.380 e. The van der Waals surface area contributed by atoms with Crippen LogP contribution < -0.4 is 0 Å². The van der Waals surface area contributed by atoms with E-state index in [2.05, 4.69) is 24.3 Å². The Kier molecular flexibility index (Phi) is 5.08. The largest absolute Gasteiger partial charge is 0.380 e. The average Bonchev–Trinajstić information content (AvgIpc) is 2.40. The molecule has 1 aliphatic rings. The van der Waals surface area contributed by atoms with Crippen molar-refractivity contribution < 1.29 is 13.5 Å². The molecule has 0 unspecified atom stereocenters. The highest BCUT2D eigenvalue weighted by Gasteiger charge is 2.21. The average molecular weight is 266 g/mol. The van der Waals surface area contributed by atoms with Crippen LogP contribution in [-0.2, 0) is 11.3 Å². The van der Waals surface area contributed by atoms with E-state index in [1.54, 1.807) is 7.11 Å². The second-order valence-corrected chi connectivity index (χ2v) is 5.24. The van der Waals surface area contributed by atoms with Crippen molar-refractivity contribution >= 4 is 0 Å². The SMILES string of the molecule is COCc1ccc(C2CCC(C=C(F)F)CC2)cc1. The van der Waals surface area contributed by atoms with Gasteiger partial charge in [0.05, 0.1) is 6.61 Å². The lowest BCUT2D eigenvalue weighted by atomic mass is 9.78. The summed E-state index contributed by atoms with van der Waals surface area (Å²) in [4.78, 5) is 0. The smallest absolute Gasteiger partial charge is 0.266 e. The van der Waals surface area contributed by atoms with E-state index in [0.717, 1.165) is 31.8 Å². The van der Waals surface area contributed by atoms with Crippen LogP contribution in [0.1, 0.15) is 42.7 Å². The van der Waals surface area contributed by atoms with Crippen LogP contribution in [0.5, 0.6) is 0 Å². The maximum Gasteiger partial charge on any atom is 0.266 e. The van der Waals surface area contributed by atoms with Gasteiger partial charge in [0.25, 0.3) is 6.08 Å². The zero-order valence-electron chi connectivity index (χ0n) is 11.2. The van der Waals surface area contributed by atoms with Gasteiger partial charge in [-0.3, -0.25) is 0 Å². The molecule has 1 saturated carbocycles. The molecule has 1 nitrogen and oxygen atoms in total. The molecule has 104 valence electrons. The molecular formula is C16H20F2O. The number of halogens is 2. The van der Waals surface area contributed by atoms with E-state index in [0.29, 0.717) is 12.5 Å². The number of rotatable bonds is 4. The maximum absolute atomic E-state index is 12.2. The highest BCUT2D eigenvalue weighted by molar-refractivity contribution is 5.25. The molecule has 1 aromatic carbocycles. The lowest BCUT2D eigenvalue weighted by Gasteiger charge is -2.26. The van der Waals surface area contributed by atoms with Crippen LogP contribution in [0.4, 0.5) is 8.78 Å². The van der Waals surface area contributed by atoms with Gasteiger partial charge in [-0.2, -0.15) is 8.78 Å². The third kappa shape index (κ3) is 4.13. The summed E-state index contributed by atoms with van der Waals surface area (Å²) in [6.45, 7) is 0.633. The maximum atomic E-state index is 12.2. The van der Waals surface area contributed by atoms with Gasteiger partial charge >= 0.3 is 0 Å². The lowest BCUT2D eigenvalue weighted by molar-refractivity contribution is 0.185. The zero-order chi connectivity index (χ0) is 13.7. The molecule has 1 aliphatic carbocycles. The molecule has 1 fully saturated rings. The van der Waals surface area contributed by atoms with Crippen molar-refractivity contribution in [3.63, 3.8) is 0 Å². The predicted octanol–water partition coefficient (Wildman–Crippen LogP) is 4.89. The second-order valence-electron chi connectivity index (χ2n) is 5.24. The Morgan fingerprint density at radius 2 is 1.79 bits per heavy atom.